The van der Waals surface area contributed by atoms with E-state index in [1.807, 2.05) is 0 Å². The van der Waals surface area contributed by atoms with Crippen LogP contribution in [0.5, 0.6) is 0 Å². The van der Waals surface area contributed by atoms with E-state index in [2.05, 4.69) is 152 Å². The molecule has 0 bridgehead atoms. The Balaban J connectivity index is 0.00000400. The smallest absolute Gasteiger partial charge is 0.195 e. The molecule has 38 heavy (non-hydrogen) atoms. The largest absolute Gasteiger partial charge is 1.00 e. The van der Waals surface area contributed by atoms with Crippen molar-refractivity contribution >= 4 is 28.0 Å². The zero-order valence-corrected chi connectivity index (χ0v) is 28.2. The van der Waals surface area contributed by atoms with Gasteiger partial charge >= 0.3 is 51.4 Å². The molecule has 0 heterocycles. The summed E-state index contributed by atoms with van der Waals surface area (Å²) in [6.45, 7) is 18.2. The van der Waals surface area contributed by atoms with Gasteiger partial charge in [0.15, 0.2) is 0 Å². The van der Waals surface area contributed by atoms with Gasteiger partial charge < -0.3 is 0 Å². The summed E-state index contributed by atoms with van der Waals surface area (Å²) in [5.41, 5.74) is 11.0. The average molecular weight is 527 g/mol. The van der Waals surface area contributed by atoms with Gasteiger partial charge in [0.05, 0.1) is 0 Å². The Morgan fingerprint density at radius 3 is 0.605 bits per heavy atom. The van der Waals surface area contributed by atoms with E-state index >= 15 is 0 Å². The first-order valence-electron chi connectivity index (χ1n) is 14.2. The second-order valence-electron chi connectivity index (χ2n) is 12.2. The van der Waals surface area contributed by atoms with Crippen LogP contribution in [0.15, 0.2) is 97.1 Å². The molecular weight excluding hydrogens is 482 g/mol. The fourth-order valence-electron chi connectivity index (χ4n) is 5.83. The summed E-state index contributed by atoms with van der Waals surface area (Å²) in [4.78, 5) is 0. The molecule has 4 aromatic rings. The minimum atomic E-state index is -1.36. The van der Waals surface area contributed by atoms with Crippen LogP contribution < -0.4 is 73.2 Å². The maximum atomic E-state index is 2.39. The first-order chi connectivity index (χ1) is 17.6. The van der Waals surface area contributed by atoms with Gasteiger partial charge in [0.2, 0.25) is 0 Å². The van der Waals surface area contributed by atoms with Crippen LogP contribution in [-0.2, 0) is 0 Å². The van der Waals surface area contributed by atoms with Crippen LogP contribution in [0, 0.1) is 0 Å². The first kappa shape index (κ1) is 31.1. The van der Waals surface area contributed by atoms with Crippen LogP contribution in [-0.4, -0.2) is 6.15 Å². The third-order valence-electron chi connectivity index (χ3n) is 8.41. The minimum absolute atomic E-state index is 0. The maximum absolute atomic E-state index is 2.39. The van der Waals surface area contributed by atoms with Gasteiger partial charge in [0.25, 0.3) is 0 Å². The Morgan fingerprint density at radius 1 is 0.316 bits per heavy atom. The summed E-state index contributed by atoms with van der Waals surface area (Å²) in [5, 5.41) is 0. The molecule has 0 N–H and O–H groups in total. The van der Waals surface area contributed by atoms with Crippen LogP contribution in [0.1, 0.15) is 101 Å². The predicted octanol–water partition coefficient (Wildman–Crippen LogP) is 4.56. The Bertz CT molecular complexity index is 1070. The van der Waals surface area contributed by atoms with Gasteiger partial charge in [-0.15, -0.1) is 0 Å². The maximum Gasteiger partial charge on any atom is 1.00 e. The third kappa shape index (κ3) is 6.32. The third-order valence-corrected chi connectivity index (χ3v) is 8.41. The second kappa shape index (κ2) is 13.3. The second-order valence-corrected chi connectivity index (χ2v) is 12.2. The van der Waals surface area contributed by atoms with Gasteiger partial charge in [-0.25, -0.2) is 0 Å². The van der Waals surface area contributed by atoms with Crippen LogP contribution in [0.25, 0.3) is 0 Å². The van der Waals surface area contributed by atoms with Gasteiger partial charge in [0.1, 0.15) is 6.15 Å². The number of hydrogen-bond donors (Lipinski definition) is 0. The van der Waals surface area contributed by atoms with Crippen molar-refractivity contribution < 1.29 is 51.4 Å². The minimum Gasteiger partial charge on any atom is -0.195 e. The van der Waals surface area contributed by atoms with Gasteiger partial charge in [0, 0.05) is 0 Å². The van der Waals surface area contributed by atoms with E-state index in [1.54, 1.807) is 0 Å². The van der Waals surface area contributed by atoms with E-state index < -0.39 is 6.15 Å². The van der Waals surface area contributed by atoms with Crippen molar-refractivity contribution in [1.29, 1.82) is 0 Å². The zero-order valence-electron chi connectivity index (χ0n) is 25.1. The summed E-state index contributed by atoms with van der Waals surface area (Å²) >= 11 is 0. The van der Waals surface area contributed by atoms with Crippen LogP contribution >= 0.6 is 0 Å². The number of benzene rings is 4. The topological polar surface area (TPSA) is 0 Å². The van der Waals surface area contributed by atoms with Crippen LogP contribution in [0.4, 0.5) is 0 Å². The molecule has 0 aliphatic carbocycles. The molecule has 0 spiro atoms. The van der Waals surface area contributed by atoms with Gasteiger partial charge in [-0.1, -0.05) is 152 Å². The summed E-state index contributed by atoms with van der Waals surface area (Å²) in [6, 6.07) is 37.8. The molecule has 0 fully saturated rings. The summed E-state index contributed by atoms with van der Waals surface area (Å²) in [6.07, 6.45) is -1.36. The molecule has 192 valence electrons. The molecule has 4 rings (SSSR count). The molecule has 0 atom stereocenters. The fourth-order valence-corrected chi connectivity index (χ4v) is 5.83. The molecule has 0 nitrogen and oxygen atoms in total. The van der Waals surface area contributed by atoms with Crippen molar-refractivity contribution in [1.82, 2.24) is 0 Å². The first-order valence-corrected chi connectivity index (χ1v) is 14.2. The predicted molar refractivity (Wildman–Crippen MR) is 166 cm³/mol. The van der Waals surface area contributed by atoms with E-state index in [9.17, 15) is 0 Å². The molecule has 0 amide bonds. The Labute approximate surface area is 275 Å². The van der Waals surface area contributed by atoms with Gasteiger partial charge in [-0.3, -0.25) is 0 Å². The van der Waals surface area contributed by atoms with E-state index in [1.165, 1.54) is 44.1 Å². The summed E-state index contributed by atoms with van der Waals surface area (Å²) < 4.78 is 0. The monoisotopic (exact) mass is 526 g/mol. The SMILES string of the molecule is CC(C)c1ccc([B-](c2ccc(C(C)C)cc2)(c2ccc(C(C)C)cc2)c2ccc(C(C)C)cc2)cc1.[K+]. The molecular formula is C36H44BK. The van der Waals surface area contributed by atoms with Crippen molar-refractivity contribution in [3.05, 3.63) is 119 Å². The fraction of sp³-hybridized carbons (Fsp3) is 0.333. The quantitative estimate of drug-likeness (QED) is 0.296. The number of rotatable bonds is 8. The molecule has 0 aliphatic rings. The standard InChI is InChI=1S/C36H44B.K/c1-25(2)29-9-17-33(18-10-29)37(34-19-11-30(12-20-34)26(3)4,35-21-13-31(14-22-35)27(5)6)36-23-15-32(16-24-36)28(7)8;/h9-28H,1-8H3;/q-1;+1. The van der Waals surface area contributed by atoms with Crippen molar-refractivity contribution in [3.8, 4) is 0 Å². The Kier molecular flexibility index (Phi) is 10.9. The van der Waals surface area contributed by atoms with E-state index in [0.29, 0.717) is 23.7 Å². The van der Waals surface area contributed by atoms with Crippen molar-refractivity contribution in [2.75, 3.05) is 0 Å². The molecule has 0 aliphatic heterocycles. The molecule has 0 saturated heterocycles. The molecule has 0 radical (unpaired) electrons. The normalized spacial score (nSPS) is 11.9. The van der Waals surface area contributed by atoms with E-state index in [-0.39, 0.29) is 51.4 Å². The number of hydrogen-bond acceptors (Lipinski definition) is 0. The summed E-state index contributed by atoms with van der Waals surface area (Å²) in [5.74, 6) is 2.04. The van der Waals surface area contributed by atoms with E-state index in [0.717, 1.165) is 0 Å². The van der Waals surface area contributed by atoms with Crippen LogP contribution in [0.2, 0.25) is 0 Å². The Morgan fingerprint density at radius 2 is 0.474 bits per heavy atom. The average Bonchev–Trinajstić information content (AvgIpc) is 2.90. The van der Waals surface area contributed by atoms with Gasteiger partial charge in [-0.2, -0.15) is 21.9 Å². The Hall–Kier alpha value is -1.42. The molecule has 0 unspecified atom stereocenters. The van der Waals surface area contributed by atoms with Crippen molar-refractivity contribution in [2.24, 2.45) is 0 Å². The van der Waals surface area contributed by atoms with Gasteiger partial charge in [-0.05, 0) is 45.9 Å². The molecule has 4 aromatic carbocycles. The molecule has 0 saturated carbocycles. The summed E-state index contributed by atoms with van der Waals surface area (Å²) in [7, 11) is 0. The van der Waals surface area contributed by atoms with Crippen LogP contribution in [0.3, 0.4) is 0 Å². The zero-order chi connectivity index (χ0) is 26.7. The van der Waals surface area contributed by atoms with E-state index in [4.69, 9.17) is 0 Å². The van der Waals surface area contributed by atoms with Crippen molar-refractivity contribution in [3.63, 3.8) is 0 Å². The molecule has 0 aromatic heterocycles. The molecule has 2 heteroatoms. The van der Waals surface area contributed by atoms with Crippen molar-refractivity contribution in [2.45, 2.75) is 79.1 Å².